The fourth-order valence-corrected chi connectivity index (χ4v) is 4.18. The van der Waals surface area contributed by atoms with Crippen LogP contribution in [0.4, 0.5) is 0 Å². The van der Waals surface area contributed by atoms with E-state index in [9.17, 15) is 4.79 Å². The van der Waals surface area contributed by atoms with Crippen LogP contribution in [0.3, 0.4) is 0 Å². The van der Waals surface area contributed by atoms with Crippen LogP contribution in [-0.2, 0) is 4.79 Å². The van der Waals surface area contributed by atoms with Crippen LogP contribution in [-0.4, -0.2) is 17.2 Å². The maximum absolute atomic E-state index is 10.4. The number of carboxylic acids is 1. The molecule has 24 heavy (non-hydrogen) atoms. The van der Waals surface area contributed by atoms with Crippen molar-refractivity contribution in [3.8, 4) is 0 Å². The Morgan fingerprint density at radius 1 is 0.917 bits per heavy atom. The molecule has 0 radical (unpaired) electrons. The van der Waals surface area contributed by atoms with E-state index in [1.54, 1.807) is 5.30 Å². The molecule has 4 heteroatoms. The quantitative estimate of drug-likeness (QED) is 0.308. The molecule has 0 saturated carbocycles. The van der Waals surface area contributed by atoms with Crippen molar-refractivity contribution in [1.82, 2.24) is 0 Å². The van der Waals surface area contributed by atoms with Gasteiger partial charge in [0.05, 0.1) is 0 Å². The number of hydrogen-bond donors (Lipinski definition) is 1. The summed E-state index contributed by atoms with van der Waals surface area (Å²) in [6.45, 7) is 4.44. The van der Waals surface area contributed by atoms with E-state index in [1.807, 2.05) is 0 Å². The highest BCUT2D eigenvalue weighted by atomic mass is 79.9. The van der Waals surface area contributed by atoms with Crippen LogP contribution < -0.4 is 5.30 Å². The van der Waals surface area contributed by atoms with Gasteiger partial charge in [-0.05, 0) is 49.3 Å². The molecule has 1 aromatic carbocycles. The lowest BCUT2D eigenvalue weighted by molar-refractivity contribution is -0.137. The lowest BCUT2D eigenvalue weighted by Crippen LogP contribution is -2.02. The smallest absolute Gasteiger partial charge is 0.303 e. The molecule has 0 amide bonds. The van der Waals surface area contributed by atoms with E-state index in [4.69, 9.17) is 5.11 Å². The second-order valence-electron chi connectivity index (χ2n) is 6.50. The number of rotatable bonds is 13. The Kier molecular flexibility index (Phi) is 14.7. The molecule has 0 heterocycles. The van der Waals surface area contributed by atoms with Gasteiger partial charge < -0.3 is 5.11 Å². The molecule has 0 bridgehead atoms. The number of carboxylic acid groups (broad SMARTS) is 1. The third kappa shape index (κ3) is 11.2. The maximum Gasteiger partial charge on any atom is 0.303 e. The molecule has 1 aromatic rings. The van der Waals surface area contributed by atoms with Crippen LogP contribution in [0.25, 0.3) is 0 Å². The van der Waals surface area contributed by atoms with Crippen molar-refractivity contribution in [2.45, 2.75) is 78.1 Å². The molecule has 1 N–H and O–H groups in total. The topological polar surface area (TPSA) is 37.3 Å². The zero-order valence-electron chi connectivity index (χ0n) is 15.3. The zero-order chi connectivity index (χ0) is 16.9. The van der Waals surface area contributed by atoms with Gasteiger partial charge in [-0.15, -0.1) is 17.0 Å². The Labute approximate surface area is 160 Å². The molecule has 1 unspecified atom stereocenters. The van der Waals surface area contributed by atoms with Crippen LogP contribution in [0.15, 0.2) is 18.2 Å². The molecule has 2 nitrogen and oxygen atoms in total. The fourth-order valence-electron chi connectivity index (χ4n) is 2.80. The van der Waals surface area contributed by atoms with Crippen molar-refractivity contribution >= 4 is 36.8 Å². The average molecular weight is 417 g/mol. The van der Waals surface area contributed by atoms with E-state index in [2.05, 4.69) is 32.0 Å². The summed E-state index contributed by atoms with van der Waals surface area (Å²) in [4.78, 5) is 10.4. The van der Waals surface area contributed by atoms with Gasteiger partial charge in [-0.25, -0.2) is 0 Å². The molecule has 0 spiro atoms. The zero-order valence-corrected chi connectivity index (χ0v) is 18.0. The molecule has 1 atom stereocenters. The summed E-state index contributed by atoms with van der Waals surface area (Å²) in [7, 11) is 0.961. The van der Waals surface area contributed by atoms with E-state index in [0.29, 0.717) is 6.42 Å². The van der Waals surface area contributed by atoms with E-state index in [0.717, 1.165) is 21.4 Å². The van der Waals surface area contributed by atoms with E-state index >= 15 is 0 Å². The van der Waals surface area contributed by atoms with Gasteiger partial charge >= 0.3 is 5.97 Å². The number of halogens is 1. The molecule has 0 fully saturated rings. The first kappa shape index (κ1) is 23.6. The van der Waals surface area contributed by atoms with Crippen LogP contribution in [0.2, 0.25) is 0 Å². The molecule has 0 aliphatic heterocycles. The number of hydrogen-bond acceptors (Lipinski definition) is 1. The molecular formula is C20H34BrO2P. The molecule has 0 aromatic heterocycles. The summed E-state index contributed by atoms with van der Waals surface area (Å²) in [5.41, 5.74) is 2.90. The third-order valence-electron chi connectivity index (χ3n) is 4.49. The van der Waals surface area contributed by atoms with Gasteiger partial charge in [0.1, 0.15) is 0 Å². The summed E-state index contributed by atoms with van der Waals surface area (Å²) in [6.07, 6.45) is 12.8. The molecule has 1 rings (SSSR count). The summed E-state index contributed by atoms with van der Waals surface area (Å²) < 4.78 is 0. The van der Waals surface area contributed by atoms with E-state index in [-0.39, 0.29) is 17.0 Å². The highest BCUT2D eigenvalue weighted by molar-refractivity contribution is 8.93. The van der Waals surface area contributed by atoms with E-state index in [1.165, 1.54) is 62.2 Å². The van der Waals surface area contributed by atoms with Crippen LogP contribution >= 0.6 is 25.6 Å². The third-order valence-corrected chi connectivity index (χ3v) is 6.01. The first-order valence-corrected chi connectivity index (χ1v) is 10.3. The van der Waals surface area contributed by atoms with Crippen molar-refractivity contribution in [3.63, 3.8) is 0 Å². The van der Waals surface area contributed by atoms with Gasteiger partial charge in [-0.2, -0.15) is 0 Å². The molecule has 0 aliphatic carbocycles. The van der Waals surface area contributed by atoms with Gasteiger partial charge in [0, 0.05) is 6.42 Å². The molecule has 0 aliphatic rings. The Morgan fingerprint density at radius 2 is 1.46 bits per heavy atom. The monoisotopic (exact) mass is 416 g/mol. The molecule has 138 valence electrons. The fraction of sp³-hybridized carbons (Fsp3) is 0.650. The van der Waals surface area contributed by atoms with Gasteiger partial charge in [0.2, 0.25) is 0 Å². The largest absolute Gasteiger partial charge is 0.481 e. The van der Waals surface area contributed by atoms with Gasteiger partial charge in [0.25, 0.3) is 0 Å². The van der Waals surface area contributed by atoms with Crippen molar-refractivity contribution in [2.24, 2.45) is 0 Å². The maximum atomic E-state index is 10.4. The van der Waals surface area contributed by atoms with Gasteiger partial charge in [-0.3, -0.25) is 4.79 Å². The predicted molar refractivity (Wildman–Crippen MR) is 113 cm³/mol. The first-order valence-electron chi connectivity index (χ1n) is 9.13. The minimum atomic E-state index is -0.661. The number of aryl methyl sites for hydroxylation is 1. The Morgan fingerprint density at radius 3 is 2.04 bits per heavy atom. The van der Waals surface area contributed by atoms with Crippen LogP contribution in [0.1, 0.15) is 75.3 Å². The Balaban J connectivity index is 0.00000529. The number of carbonyl (C=O) groups is 1. The first-order chi connectivity index (χ1) is 11.1. The minimum Gasteiger partial charge on any atom is -0.481 e. The number of benzene rings is 1. The standard InChI is InChI=1S/C20H33O2P.BrH/c1-17-13-12-14-19(18(17)2)23-16-11-9-7-5-3-4-6-8-10-15-20(21)22;/h12-14,23H,3-11,15-16H2,1-2H3,(H,21,22);1H. The SMILES string of the molecule is Br.Cc1cccc(PCCCCCCCCCCCC(=O)O)c1C. The van der Waals surface area contributed by atoms with Crippen molar-refractivity contribution < 1.29 is 9.90 Å². The number of aliphatic carboxylic acids is 1. The summed E-state index contributed by atoms with van der Waals surface area (Å²) in [6, 6.07) is 6.66. The molecular weight excluding hydrogens is 383 g/mol. The van der Waals surface area contributed by atoms with Crippen molar-refractivity contribution in [1.29, 1.82) is 0 Å². The predicted octanol–water partition coefficient (Wildman–Crippen LogP) is 6.17. The van der Waals surface area contributed by atoms with Crippen molar-refractivity contribution in [3.05, 3.63) is 29.3 Å². The van der Waals surface area contributed by atoms with Gasteiger partial charge in [0.15, 0.2) is 0 Å². The minimum absolute atomic E-state index is 0. The Hall–Kier alpha value is -0.400. The highest BCUT2D eigenvalue weighted by Crippen LogP contribution is 2.18. The molecule has 0 saturated heterocycles. The average Bonchev–Trinajstić information content (AvgIpc) is 2.52. The lowest BCUT2D eigenvalue weighted by Gasteiger charge is -2.08. The normalized spacial score (nSPS) is 10.9. The van der Waals surface area contributed by atoms with Gasteiger partial charge in [-0.1, -0.05) is 71.7 Å². The van der Waals surface area contributed by atoms with E-state index < -0.39 is 5.97 Å². The highest BCUT2D eigenvalue weighted by Gasteiger charge is 2.00. The van der Waals surface area contributed by atoms with Crippen LogP contribution in [0.5, 0.6) is 0 Å². The Bertz CT molecular complexity index is 463. The lowest BCUT2D eigenvalue weighted by atomic mass is 10.1. The summed E-state index contributed by atoms with van der Waals surface area (Å²) >= 11 is 0. The second-order valence-corrected chi connectivity index (χ2v) is 7.89. The number of unbranched alkanes of at least 4 members (excludes halogenated alkanes) is 8. The summed E-state index contributed by atoms with van der Waals surface area (Å²) in [5.74, 6) is -0.661. The van der Waals surface area contributed by atoms with Crippen LogP contribution in [0, 0.1) is 13.8 Å². The van der Waals surface area contributed by atoms with Crippen molar-refractivity contribution in [2.75, 3.05) is 6.16 Å². The second kappa shape index (κ2) is 14.9. The summed E-state index contributed by atoms with van der Waals surface area (Å²) in [5, 5.41) is 10.1.